The summed E-state index contributed by atoms with van der Waals surface area (Å²) in [5.74, 6) is -3.46. The van der Waals surface area contributed by atoms with Crippen LogP contribution in [-0.4, -0.2) is 45.3 Å². The van der Waals surface area contributed by atoms with Gasteiger partial charge in [-0.1, -0.05) is 0 Å². The van der Waals surface area contributed by atoms with E-state index in [1.165, 1.54) is 6.92 Å². The van der Waals surface area contributed by atoms with E-state index in [9.17, 15) is 14.4 Å². The number of carboxylic acid groups (broad SMARTS) is 3. The van der Waals surface area contributed by atoms with Gasteiger partial charge in [-0.15, -0.1) is 0 Å². The third-order valence-corrected chi connectivity index (χ3v) is 1.10. The number of hydrogen-bond acceptors (Lipinski definition) is 5. The first-order valence-electron chi connectivity index (χ1n) is 3.87. The highest BCUT2D eigenvalue weighted by Gasteiger charge is 2.14. The van der Waals surface area contributed by atoms with Gasteiger partial charge >= 0.3 is 17.9 Å². The van der Waals surface area contributed by atoms with Gasteiger partial charge < -0.3 is 26.8 Å². The van der Waals surface area contributed by atoms with Gasteiger partial charge in [-0.25, -0.2) is 0 Å². The van der Waals surface area contributed by atoms with Crippen LogP contribution in [0.2, 0.25) is 0 Å². The summed E-state index contributed by atoms with van der Waals surface area (Å²) in [6.07, 6.45) is -0.532. The van der Waals surface area contributed by atoms with Gasteiger partial charge in [-0.2, -0.15) is 0 Å². The van der Waals surface area contributed by atoms with Gasteiger partial charge in [-0.05, 0) is 6.92 Å². The van der Waals surface area contributed by atoms with Crippen LogP contribution in [0.1, 0.15) is 13.3 Å². The molecule has 0 rings (SSSR count). The Bertz CT molecular complexity index is 240. The SMILES string of the molecule is C[C@H](N)C(=O)O.N[C@@H](CC(=O)O)C(=O)O. The predicted octanol–water partition coefficient (Wildman–Crippen LogP) is -1.71. The zero-order chi connectivity index (χ0) is 12.6. The molecule has 0 bridgehead atoms. The third kappa shape index (κ3) is 12.3. The minimum Gasteiger partial charge on any atom is -0.481 e. The molecule has 8 nitrogen and oxygen atoms in total. The second-order valence-electron chi connectivity index (χ2n) is 2.67. The van der Waals surface area contributed by atoms with Crippen molar-refractivity contribution >= 4 is 17.9 Å². The molecule has 0 saturated carbocycles. The van der Waals surface area contributed by atoms with Crippen molar-refractivity contribution in [3.8, 4) is 0 Å². The molecule has 0 heterocycles. The summed E-state index contributed by atoms with van der Waals surface area (Å²) in [6, 6.07) is -2.02. The summed E-state index contributed by atoms with van der Waals surface area (Å²) in [7, 11) is 0. The quantitative estimate of drug-likeness (QED) is 0.375. The molecule has 0 radical (unpaired) electrons. The van der Waals surface area contributed by atoms with Crippen molar-refractivity contribution < 1.29 is 29.7 Å². The molecule has 0 spiro atoms. The summed E-state index contributed by atoms with van der Waals surface area (Å²) in [5, 5.41) is 23.9. The molecule has 0 amide bonds. The van der Waals surface area contributed by atoms with Gasteiger partial charge in [0.15, 0.2) is 0 Å². The zero-order valence-electron chi connectivity index (χ0n) is 8.08. The van der Waals surface area contributed by atoms with Crippen molar-refractivity contribution in [3.63, 3.8) is 0 Å². The highest BCUT2D eigenvalue weighted by Crippen LogP contribution is 1.86. The van der Waals surface area contributed by atoms with Gasteiger partial charge in [-0.3, -0.25) is 14.4 Å². The summed E-state index contributed by atoms with van der Waals surface area (Å²) >= 11 is 0. The van der Waals surface area contributed by atoms with Crippen molar-refractivity contribution in [2.75, 3.05) is 0 Å². The summed E-state index contributed by atoms with van der Waals surface area (Å²) in [5.41, 5.74) is 9.67. The van der Waals surface area contributed by atoms with Gasteiger partial charge in [0.05, 0.1) is 6.42 Å². The fourth-order valence-electron chi connectivity index (χ4n) is 0.275. The Labute approximate surface area is 85.5 Å². The van der Waals surface area contributed by atoms with E-state index in [-0.39, 0.29) is 0 Å². The lowest BCUT2D eigenvalue weighted by molar-refractivity contribution is -0.144. The molecular weight excluding hydrogens is 208 g/mol. The van der Waals surface area contributed by atoms with E-state index in [1.807, 2.05) is 0 Å². The first-order valence-corrected chi connectivity index (χ1v) is 3.87. The topological polar surface area (TPSA) is 164 Å². The molecule has 0 aliphatic rings. The van der Waals surface area contributed by atoms with Crippen LogP contribution in [0.5, 0.6) is 0 Å². The highest BCUT2D eigenvalue weighted by molar-refractivity contribution is 5.80. The van der Waals surface area contributed by atoms with E-state index in [4.69, 9.17) is 26.8 Å². The molecular formula is C7H14N2O6. The fourth-order valence-corrected chi connectivity index (χ4v) is 0.275. The fraction of sp³-hybridized carbons (Fsp3) is 0.571. The molecule has 0 saturated heterocycles. The standard InChI is InChI=1S/C4H7NO4.C3H7NO2/c5-2(4(8)9)1-3(6)7;1-2(4)3(5)6/h2H,1,5H2,(H,6,7)(H,8,9);2H,4H2,1H3,(H,5,6)/t2*2-/m00/s1. The molecule has 15 heavy (non-hydrogen) atoms. The third-order valence-electron chi connectivity index (χ3n) is 1.10. The Kier molecular flexibility index (Phi) is 8.11. The molecule has 0 aromatic carbocycles. The van der Waals surface area contributed by atoms with E-state index in [0.29, 0.717) is 0 Å². The van der Waals surface area contributed by atoms with Crippen LogP contribution < -0.4 is 11.5 Å². The molecule has 2 atom stereocenters. The lowest BCUT2D eigenvalue weighted by Gasteiger charge is -1.99. The molecule has 0 unspecified atom stereocenters. The van der Waals surface area contributed by atoms with Crippen molar-refractivity contribution in [2.45, 2.75) is 25.4 Å². The van der Waals surface area contributed by atoms with E-state index in [2.05, 4.69) is 0 Å². The molecule has 0 aliphatic carbocycles. The van der Waals surface area contributed by atoms with Crippen molar-refractivity contribution in [1.82, 2.24) is 0 Å². The summed E-state index contributed by atoms with van der Waals surface area (Å²) in [6.45, 7) is 1.42. The van der Waals surface area contributed by atoms with Gasteiger partial charge in [0.25, 0.3) is 0 Å². The number of carbonyl (C=O) groups is 3. The monoisotopic (exact) mass is 222 g/mol. The summed E-state index contributed by atoms with van der Waals surface area (Å²) < 4.78 is 0. The number of rotatable bonds is 4. The van der Waals surface area contributed by atoms with Crippen LogP contribution in [0.15, 0.2) is 0 Å². The molecule has 0 fully saturated rings. The molecule has 8 heteroatoms. The second-order valence-corrected chi connectivity index (χ2v) is 2.67. The average molecular weight is 222 g/mol. The number of nitrogens with two attached hydrogens (primary N) is 2. The maximum absolute atomic E-state index is 9.85. The minimum absolute atomic E-state index is 0.532. The lowest BCUT2D eigenvalue weighted by Crippen LogP contribution is -2.32. The smallest absolute Gasteiger partial charge is 0.321 e. The van der Waals surface area contributed by atoms with Gasteiger partial charge in [0, 0.05) is 0 Å². The zero-order valence-corrected chi connectivity index (χ0v) is 8.08. The largest absolute Gasteiger partial charge is 0.481 e. The van der Waals surface area contributed by atoms with Crippen LogP contribution in [0, 0.1) is 0 Å². The lowest BCUT2D eigenvalue weighted by atomic mass is 10.2. The Balaban J connectivity index is 0. The van der Waals surface area contributed by atoms with E-state index in [1.54, 1.807) is 0 Å². The Hall–Kier alpha value is -1.67. The predicted molar refractivity (Wildman–Crippen MR) is 49.1 cm³/mol. The first-order chi connectivity index (χ1) is 6.68. The Morgan fingerprint density at radius 3 is 1.47 bits per heavy atom. The Morgan fingerprint density at radius 2 is 1.40 bits per heavy atom. The molecule has 0 aromatic heterocycles. The van der Waals surface area contributed by atoms with Crippen LogP contribution in [0.3, 0.4) is 0 Å². The van der Waals surface area contributed by atoms with Crippen molar-refractivity contribution in [3.05, 3.63) is 0 Å². The van der Waals surface area contributed by atoms with Crippen LogP contribution in [-0.2, 0) is 14.4 Å². The van der Waals surface area contributed by atoms with Crippen LogP contribution in [0.4, 0.5) is 0 Å². The highest BCUT2D eigenvalue weighted by atomic mass is 16.4. The van der Waals surface area contributed by atoms with E-state index >= 15 is 0 Å². The molecule has 7 N–H and O–H groups in total. The van der Waals surface area contributed by atoms with E-state index < -0.39 is 36.4 Å². The minimum atomic E-state index is -1.29. The Morgan fingerprint density at radius 1 is 1.07 bits per heavy atom. The molecule has 0 aromatic rings. The normalized spacial score (nSPS) is 13.0. The number of hydrogen-bond donors (Lipinski definition) is 5. The maximum Gasteiger partial charge on any atom is 0.321 e. The average Bonchev–Trinajstić information content (AvgIpc) is 2.03. The number of aliphatic carboxylic acids is 3. The maximum atomic E-state index is 9.85. The second kappa shape index (κ2) is 7.71. The van der Waals surface area contributed by atoms with Crippen LogP contribution >= 0.6 is 0 Å². The first kappa shape index (κ1) is 15.8. The summed E-state index contributed by atoms with van der Waals surface area (Å²) in [4.78, 5) is 29.2. The van der Waals surface area contributed by atoms with Crippen LogP contribution in [0.25, 0.3) is 0 Å². The molecule has 0 aliphatic heterocycles. The molecule has 88 valence electrons. The van der Waals surface area contributed by atoms with Gasteiger partial charge in [0.2, 0.25) is 0 Å². The van der Waals surface area contributed by atoms with Crippen molar-refractivity contribution in [1.29, 1.82) is 0 Å². The van der Waals surface area contributed by atoms with E-state index in [0.717, 1.165) is 0 Å². The van der Waals surface area contributed by atoms with Crippen molar-refractivity contribution in [2.24, 2.45) is 11.5 Å². The number of carboxylic acids is 3. The van der Waals surface area contributed by atoms with Gasteiger partial charge in [0.1, 0.15) is 12.1 Å².